The van der Waals surface area contributed by atoms with Crippen LogP contribution in [0.3, 0.4) is 0 Å². The summed E-state index contributed by atoms with van der Waals surface area (Å²) >= 11 is 0. The predicted molar refractivity (Wildman–Crippen MR) is 66.7 cm³/mol. The molecule has 1 heterocycles. The first-order valence-electron chi connectivity index (χ1n) is 6.83. The summed E-state index contributed by atoms with van der Waals surface area (Å²) in [5.41, 5.74) is 0. The van der Waals surface area contributed by atoms with E-state index < -0.39 is 0 Å². The van der Waals surface area contributed by atoms with Crippen LogP contribution in [0.1, 0.15) is 32.6 Å². The lowest BCUT2D eigenvalue weighted by atomic mass is 9.85. The highest BCUT2D eigenvalue weighted by atomic mass is 16.5. The zero-order valence-electron chi connectivity index (χ0n) is 10.7. The van der Waals surface area contributed by atoms with Gasteiger partial charge in [-0.05, 0) is 65.2 Å². The lowest BCUT2D eigenvalue weighted by Crippen LogP contribution is -2.51. The second kappa shape index (κ2) is 5.99. The SMILES string of the molecule is CCOC1CC(N2CCC(CNC)CC2)C1. The van der Waals surface area contributed by atoms with E-state index >= 15 is 0 Å². The molecule has 3 nitrogen and oxygen atoms in total. The first kappa shape index (κ1) is 12.3. The van der Waals surface area contributed by atoms with E-state index in [1.165, 1.54) is 45.3 Å². The summed E-state index contributed by atoms with van der Waals surface area (Å²) in [7, 11) is 2.06. The molecule has 0 radical (unpaired) electrons. The van der Waals surface area contributed by atoms with Gasteiger partial charge in [0.1, 0.15) is 0 Å². The summed E-state index contributed by atoms with van der Waals surface area (Å²) in [6.45, 7) is 6.77. The molecule has 0 spiro atoms. The summed E-state index contributed by atoms with van der Waals surface area (Å²) in [5, 5.41) is 3.29. The normalized spacial score (nSPS) is 32.6. The molecule has 0 aromatic carbocycles. The van der Waals surface area contributed by atoms with E-state index in [1.807, 2.05) is 0 Å². The Morgan fingerprint density at radius 1 is 1.25 bits per heavy atom. The van der Waals surface area contributed by atoms with Crippen LogP contribution < -0.4 is 5.32 Å². The molecule has 1 aliphatic heterocycles. The Balaban J connectivity index is 1.63. The molecule has 94 valence electrons. The highest BCUT2D eigenvalue weighted by Gasteiger charge is 2.35. The summed E-state index contributed by atoms with van der Waals surface area (Å²) in [4.78, 5) is 2.68. The van der Waals surface area contributed by atoms with E-state index in [1.54, 1.807) is 0 Å². The summed E-state index contributed by atoms with van der Waals surface area (Å²) in [6.07, 6.45) is 5.84. The van der Waals surface area contributed by atoms with E-state index in [9.17, 15) is 0 Å². The van der Waals surface area contributed by atoms with Crippen molar-refractivity contribution < 1.29 is 4.74 Å². The average Bonchev–Trinajstić information content (AvgIpc) is 2.25. The van der Waals surface area contributed by atoms with Crippen LogP contribution in [0.4, 0.5) is 0 Å². The van der Waals surface area contributed by atoms with Gasteiger partial charge < -0.3 is 15.0 Å². The Labute approximate surface area is 99.5 Å². The molecule has 1 aliphatic carbocycles. The van der Waals surface area contributed by atoms with Gasteiger partial charge in [0.2, 0.25) is 0 Å². The third-order valence-electron chi connectivity index (χ3n) is 4.13. The fourth-order valence-corrected chi connectivity index (χ4v) is 3.02. The highest BCUT2D eigenvalue weighted by Crippen LogP contribution is 2.31. The zero-order chi connectivity index (χ0) is 11.4. The lowest BCUT2D eigenvalue weighted by Gasteiger charge is -2.45. The molecule has 2 fully saturated rings. The molecule has 16 heavy (non-hydrogen) atoms. The summed E-state index contributed by atoms with van der Waals surface area (Å²) in [5.74, 6) is 0.906. The van der Waals surface area contributed by atoms with Crippen LogP contribution in [0.5, 0.6) is 0 Å². The fraction of sp³-hybridized carbons (Fsp3) is 1.00. The predicted octanol–water partition coefficient (Wildman–Crippen LogP) is 1.49. The number of hydrogen-bond donors (Lipinski definition) is 1. The quantitative estimate of drug-likeness (QED) is 0.768. The van der Waals surface area contributed by atoms with E-state index in [0.29, 0.717) is 6.10 Å². The van der Waals surface area contributed by atoms with Crippen LogP contribution in [0.25, 0.3) is 0 Å². The summed E-state index contributed by atoms with van der Waals surface area (Å²) < 4.78 is 5.62. The number of piperidine rings is 1. The van der Waals surface area contributed by atoms with Crippen molar-refractivity contribution in [2.45, 2.75) is 44.8 Å². The Kier molecular flexibility index (Phi) is 4.62. The molecule has 0 unspecified atom stereocenters. The first-order valence-corrected chi connectivity index (χ1v) is 6.83. The van der Waals surface area contributed by atoms with Crippen molar-refractivity contribution in [3.8, 4) is 0 Å². The molecule has 0 aromatic rings. The molecule has 0 atom stereocenters. The minimum absolute atomic E-state index is 0.560. The molecule has 2 aliphatic rings. The maximum absolute atomic E-state index is 5.62. The van der Waals surface area contributed by atoms with Crippen molar-refractivity contribution in [1.82, 2.24) is 10.2 Å². The second-order valence-corrected chi connectivity index (χ2v) is 5.24. The largest absolute Gasteiger partial charge is 0.378 e. The summed E-state index contributed by atoms with van der Waals surface area (Å²) in [6, 6.07) is 0.826. The van der Waals surface area contributed by atoms with Crippen LogP contribution in [0.2, 0.25) is 0 Å². The standard InChI is InChI=1S/C13H26N2O/c1-3-16-13-8-12(9-13)15-6-4-11(5-7-15)10-14-2/h11-14H,3-10H2,1-2H3. The number of nitrogens with zero attached hydrogens (tertiary/aromatic N) is 1. The Morgan fingerprint density at radius 3 is 2.50 bits per heavy atom. The second-order valence-electron chi connectivity index (χ2n) is 5.24. The van der Waals surface area contributed by atoms with Crippen LogP contribution >= 0.6 is 0 Å². The minimum atomic E-state index is 0.560. The lowest BCUT2D eigenvalue weighted by molar-refractivity contribution is -0.0533. The smallest absolute Gasteiger partial charge is 0.0604 e. The minimum Gasteiger partial charge on any atom is -0.378 e. The molecule has 1 saturated carbocycles. The first-order chi connectivity index (χ1) is 7.83. The van der Waals surface area contributed by atoms with Gasteiger partial charge in [0.15, 0.2) is 0 Å². The Hall–Kier alpha value is -0.120. The van der Waals surface area contributed by atoms with Crippen LogP contribution in [-0.4, -0.2) is 50.3 Å². The van der Waals surface area contributed by atoms with Gasteiger partial charge in [-0.1, -0.05) is 0 Å². The zero-order valence-corrected chi connectivity index (χ0v) is 10.7. The van der Waals surface area contributed by atoms with Crippen molar-refractivity contribution in [1.29, 1.82) is 0 Å². The Bertz CT molecular complexity index is 196. The van der Waals surface area contributed by atoms with Gasteiger partial charge in [0.25, 0.3) is 0 Å². The molecule has 0 bridgehead atoms. The third kappa shape index (κ3) is 2.96. The number of ether oxygens (including phenoxy) is 1. The number of likely N-dealkylation sites (tertiary alicyclic amines) is 1. The van der Waals surface area contributed by atoms with E-state index in [2.05, 4.69) is 24.2 Å². The number of nitrogens with one attached hydrogen (secondary N) is 1. The fourth-order valence-electron chi connectivity index (χ4n) is 3.02. The maximum Gasteiger partial charge on any atom is 0.0604 e. The van der Waals surface area contributed by atoms with Gasteiger partial charge in [0.05, 0.1) is 6.10 Å². The molecule has 0 aromatic heterocycles. The van der Waals surface area contributed by atoms with Gasteiger partial charge in [-0.15, -0.1) is 0 Å². The van der Waals surface area contributed by atoms with Crippen LogP contribution in [0.15, 0.2) is 0 Å². The third-order valence-corrected chi connectivity index (χ3v) is 4.13. The number of rotatable bonds is 5. The monoisotopic (exact) mass is 226 g/mol. The molecule has 1 N–H and O–H groups in total. The van der Waals surface area contributed by atoms with Crippen molar-refractivity contribution in [3.63, 3.8) is 0 Å². The maximum atomic E-state index is 5.62. The Morgan fingerprint density at radius 2 is 1.94 bits per heavy atom. The topological polar surface area (TPSA) is 24.5 Å². The van der Waals surface area contributed by atoms with Crippen LogP contribution in [0, 0.1) is 5.92 Å². The van der Waals surface area contributed by atoms with Gasteiger partial charge in [-0.2, -0.15) is 0 Å². The van der Waals surface area contributed by atoms with Crippen molar-refractivity contribution >= 4 is 0 Å². The van der Waals surface area contributed by atoms with E-state index in [-0.39, 0.29) is 0 Å². The van der Waals surface area contributed by atoms with Crippen molar-refractivity contribution in [3.05, 3.63) is 0 Å². The molecule has 0 amide bonds. The molecular formula is C13H26N2O. The molecule has 3 heteroatoms. The molecular weight excluding hydrogens is 200 g/mol. The molecule has 1 saturated heterocycles. The average molecular weight is 226 g/mol. The number of hydrogen-bond acceptors (Lipinski definition) is 3. The van der Waals surface area contributed by atoms with Crippen LogP contribution in [-0.2, 0) is 4.74 Å². The van der Waals surface area contributed by atoms with Crippen molar-refractivity contribution in [2.75, 3.05) is 33.3 Å². The highest BCUT2D eigenvalue weighted by molar-refractivity contribution is 4.90. The van der Waals surface area contributed by atoms with E-state index in [4.69, 9.17) is 4.74 Å². The van der Waals surface area contributed by atoms with Gasteiger partial charge in [-0.3, -0.25) is 0 Å². The van der Waals surface area contributed by atoms with E-state index in [0.717, 1.165) is 18.6 Å². The van der Waals surface area contributed by atoms with Gasteiger partial charge >= 0.3 is 0 Å². The van der Waals surface area contributed by atoms with Gasteiger partial charge in [-0.25, -0.2) is 0 Å². The molecule has 2 rings (SSSR count). The van der Waals surface area contributed by atoms with Gasteiger partial charge in [0, 0.05) is 12.6 Å². The van der Waals surface area contributed by atoms with Crippen molar-refractivity contribution in [2.24, 2.45) is 5.92 Å².